The standard InChI is InChI=1S/C15H22FNO2/c1-17-14(9-11-5-7-19-8-6-11)12-3-4-13(16)15(10-12)18-2/h3-4,10-11,14,17H,5-9H2,1-2H3. The fraction of sp³-hybridized carbons (Fsp3) is 0.600. The van der Waals surface area contributed by atoms with Gasteiger partial charge in [-0.2, -0.15) is 0 Å². The van der Waals surface area contributed by atoms with Crippen LogP contribution in [-0.2, 0) is 4.74 Å². The van der Waals surface area contributed by atoms with Crippen LogP contribution < -0.4 is 10.1 Å². The third-order valence-corrected chi connectivity index (χ3v) is 3.84. The Bertz CT molecular complexity index is 405. The summed E-state index contributed by atoms with van der Waals surface area (Å²) in [6.45, 7) is 1.71. The average Bonchev–Trinajstić information content (AvgIpc) is 2.46. The number of rotatable bonds is 5. The first-order valence-corrected chi connectivity index (χ1v) is 6.83. The minimum absolute atomic E-state index is 0.234. The van der Waals surface area contributed by atoms with Gasteiger partial charge in [0.2, 0.25) is 0 Å². The van der Waals surface area contributed by atoms with Crippen LogP contribution in [0.25, 0.3) is 0 Å². The van der Waals surface area contributed by atoms with Crippen molar-refractivity contribution in [1.29, 1.82) is 0 Å². The van der Waals surface area contributed by atoms with Crippen molar-refractivity contribution < 1.29 is 13.9 Å². The summed E-state index contributed by atoms with van der Waals surface area (Å²) in [5.74, 6) is 0.666. The molecule has 1 fully saturated rings. The Balaban J connectivity index is 2.07. The fourth-order valence-corrected chi connectivity index (χ4v) is 2.63. The van der Waals surface area contributed by atoms with Crippen LogP contribution in [0.5, 0.6) is 5.75 Å². The molecule has 3 nitrogen and oxygen atoms in total. The summed E-state index contributed by atoms with van der Waals surface area (Å²) >= 11 is 0. The Morgan fingerprint density at radius 1 is 1.42 bits per heavy atom. The molecule has 1 aliphatic rings. The summed E-state index contributed by atoms with van der Waals surface area (Å²) in [4.78, 5) is 0. The molecular weight excluding hydrogens is 245 g/mol. The smallest absolute Gasteiger partial charge is 0.165 e. The maximum absolute atomic E-state index is 13.4. The molecule has 0 radical (unpaired) electrons. The van der Waals surface area contributed by atoms with E-state index in [1.54, 1.807) is 6.07 Å². The van der Waals surface area contributed by atoms with Gasteiger partial charge in [-0.3, -0.25) is 0 Å². The van der Waals surface area contributed by atoms with E-state index in [1.807, 2.05) is 13.1 Å². The highest BCUT2D eigenvalue weighted by Crippen LogP contribution is 2.29. The molecule has 2 rings (SSSR count). The predicted molar refractivity (Wildman–Crippen MR) is 72.9 cm³/mol. The zero-order valence-corrected chi connectivity index (χ0v) is 11.6. The first-order valence-electron chi connectivity index (χ1n) is 6.83. The molecule has 1 N–H and O–H groups in total. The molecule has 1 unspecified atom stereocenters. The second kappa shape index (κ2) is 6.87. The van der Waals surface area contributed by atoms with Crippen molar-refractivity contribution in [3.8, 4) is 5.75 Å². The summed E-state index contributed by atoms with van der Waals surface area (Å²) in [6.07, 6.45) is 3.27. The molecule has 1 aliphatic heterocycles. The van der Waals surface area contributed by atoms with Crippen molar-refractivity contribution in [3.05, 3.63) is 29.6 Å². The molecule has 1 atom stereocenters. The van der Waals surface area contributed by atoms with E-state index in [0.717, 1.165) is 38.0 Å². The van der Waals surface area contributed by atoms with Gasteiger partial charge in [-0.15, -0.1) is 0 Å². The summed E-state index contributed by atoms with van der Waals surface area (Å²) in [6, 6.07) is 5.33. The molecule has 0 spiro atoms. The molecule has 1 aromatic rings. The molecular formula is C15H22FNO2. The lowest BCUT2D eigenvalue weighted by molar-refractivity contribution is 0.0608. The molecule has 1 saturated heterocycles. The molecule has 106 valence electrons. The molecule has 4 heteroatoms. The highest BCUT2D eigenvalue weighted by molar-refractivity contribution is 5.32. The van der Waals surface area contributed by atoms with Crippen LogP contribution >= 0.6 is 0 Å². The Morgan fingerprint density at radius 3 is 2.79 bits per heavy atom. The minimum Gasteiger partial charge on any atom is -0.494 e. The number of hydrogen-bond acceptors (Lipinski definition) is 3. The molecule has 0 saturated carbocycles. The summed E-state index contributed by atoms with van der Waals surface area (Å²) < 4.78 is 23.9. The van der Waals surface area contributed by atoms with Crippen LogP contribution in [0.4, 0.5) is 4.39 Å². The van der Waals surface area contributed by atoms with Crippen LogP contribution in [0.1, 0.15) is 30.9 Å². The second-order valence-corrected chi connectivity index (χ2v) is 5.03. The fourth-order valence-electron chi connectivity index (χ4n) is 2.63. The zero-order chi connectivity index (χ0) is 13.7. The predicted octanol–water partition coefficient (Wildman–Crippen LogP) is 2.91. The Labute approximate surface area is 114 Å². The molecule has 0 amide bonds. The number of benzene rings is 1. The summed E-state index contributed by atoms with van der Waals surface area (Å²) in [7, 11) is 3.44. The maximum Gasteiger partial charge on any atom is 0.165 e. The van der Waals surface area contributed by atoms with Crippen molar-refractivity contribution in [2.45, 2.75) is 25.3 Å². The van der Waals surface area contributed by atoms with Crippen molar-refractivity contribution in [2.24, 2.45) is 5.92 Å². The lowest BCUT2D eigenvalue weighted by Gasteiger charge is -2.27. The minimum atomic E-state index is -0.313. The van der Waals surface area contributed by atoms with E-state index in [4.69, 9.17) is 9.47 Å². The highest BCUT2D eigenvalue weighted by atomic mass is 19.1. The third-order valence-electron chi connectivity index (χ3n) is 3.84. The van der Waals surface area contributed by atoms with Gasteiger partial charge in [-0.05, 0) is 49.9 Å². The van der Waals surface area contributed by atoms with E-state index in [9.17, 15) is 4.39 Å². The van der Waals surface area contributed by atoms with Gasteiger partial charge < -0.3 is 14.8 Å². The summed E-state index contributed by atoms with van der Waals surface area (Å²) in [5.41, 5.74) is 1.08. The van der Waals surface area contributed by atoms with E-state index in [2.05, 4.69) is 5.32 Å². The zero-order valence-electron chi connectivity index (χ0n) is 11.6. The van der Waals surface area contributed by atoms with Gasteiger partial charge in [-0.25, -0.2) is 4.39 Å². The Hall–Kier alpha value is -1.13. The van der Waals surface area contributed by atoms with Crippen molar-refractivity contribution >= 4 is 0 Å². The maximum atomic E-state index is 13.4. The van der Waals surface area contributed by atoms with E-state index < -0.39 is 0 Å². The SMILES string of the molecule is CNC(CC1CCOCC1)c1ccc(F)c(OC)c1. The van der Waals surface area contributed by atoms with Gasteiger partial charge in [0.05, 0.1) is 7.11 Å². The average molecular weight is 267 g/mol. The number of halogens is 1. The Morgan fingerprint density at radius 2 is 2.16 bits per heavy atom. The molecule has 1 aromatic carbocycles. The van der Waals surface area contributed by atoms with Crippen LogP contribution in [0.3, 0.4) is 0 Å². The monoisotopic (exact) mass is 267 g/mol. The number of nitrogens with one attached hydrogen (secondary N) is 1. The molecule has 0 bridgehead atoms. The largest absolute Gasteiger partial charge is 0.494 e. The van der Waals surface area contributed by atoms with Crippen molar-refractivity contribution in [1.82, 2.24) is 5.32 Å². The van der Waals surface area contributed by atoms with Crippen molar-refractivity contribution in [3.63, 3.8) is 0 Å². The number of ether oxygens (including phenoxy) is 2. The Kier molecular flexibility index (Phi) is 5.16. The second-order valence-electron chi connectivity index (χ2n) is 5.03. The van der Waals surface area contributed by atoms with E-state index >= 15 is 0 Å². The third kappa shape index (κ3) is 3.67. The van der Waals surface area contributed by atoms with Gasteiger partial charge in [0.15, 0.2) is 11.6 Å². The van der Waals surface area contributed by atoms with Crippen LogP contribution in [-0.4, -0.2) is 27.4 Å². The van der Waals surface area contributed by atoms with Crippen LogP contribution in [0.15, 0.2) is 18.2 Å². The topological polar surface area (TPSA) is 30.5 Å². The molecule has 0 aromatic heterocycles. The van der Waals surface area contributed by atoms with Gasteiger partial charge in [0, 0.05) is 19.3 Å². The molecule has 0 aliphatic carbocycles. The molecule has 1 heterocycles. The van der Waals surface area contributed by atoms with E-state index in [-0.39, 0.29) is 11.9 Å². The first kappa shape index (κ1) is 14.3. The number of methoxy groups -OCH3 is 1. The van der Waals surface area contributed by atoms with Gasteiger partial charge in [-0.1, -0.05) is 6.07 Å². The molecule has 19 heavy (non-hydrogen) atoms. The van der Waals surface area contributed by atoms with E-state index in [0.29, 0.717) is 11.7 Å². The van der Waals surface area contributed by atoms with Gasteiger partial charge >= 0.3 is 0 Å². The van der Waals surface area contributed by atoms with Gasteiger partial charge in [0.25, 0.3) is 0 Å². The van der Waals surface area contributed by atoms with E-state index in [1.165, 1.54) is 13.2 Å². The first-order chi connectivity index (χ1) is 9.24. The quantitative estimate of drug-likeness (QED) is 0.889. The summed E-state index contributed by atoms with van der Waals surface area (Å²) in [5, 5.41) is 3.32. The van der Waals surface area contributed by atoms with Gasteiger partial charge in [0.1, 0.15) is 0 Å². The van der Waals surface area contributed by atoms with Crippen molar-refractivity contribution in [2.75, 3.05) is 27.4 Å². The van der Waals surface area contributed by atoms with Crippen LogP contribution in [0.2, 0.25) is 0 Å². The lowest BCUT2D eigenvalue weighted by Crippen LogP contribution is -2.24. The normalized spacial score (nSPS) is 18.3. The number of hydrogen-bond donors (Lipinski definition) is 1. The highest BCUT2D eigenvalue weighted by Gasteiger charge is 2.20. The van der Waals surface area contributed by atoms with Crippen LogP contribution in [0, 0.1) is 11.7 Å². The lowest BCUT2D eigenvalue weighted by atomic mass is 9.89.